The number of aromatic carboxylic acids is 1. The average Bonchev–Trinajstić information content (AvgIpc) is 2.80. The highest BCUT2D eigenvalue weighted by molar-refractivity contribution is 5.94. The van der Waals surface area contributed by atoms with Gasteiger partial charge in [-0.05, 0) is 18.2 Å². The van der Waals surface area contributed by atoms with Crippen LogP contribution in [0, 0.1) is 0 Å². The minimum absolute atomic E-state index is 0.217. The summed E-state index contributed by atoms with van der Waals surface area (Å²) in [5.41, 5.74) is -0.233. The van der Waals surface area contributed by atoms with Gasteiger partial charge in [-0.3, -0.25) is 15.0 Å². The second kappa shape index (κ2) is 4.20. The van der Waals surface area contributed by atoms with E-state index in [9.17, 15) is 9.59 Å². The molecule has 2 aromatic rings. The first-order valence-corrected chi connectivity index (χ1v) is 5.61. The highest BCUT2D eigenvalue weighted by atomic mass is 16.6. The van der Waals surface area contributed by atoms with Gasteiger partial charge in [0.15, 0.2) is 17.1 Å². The van der Waals surface area contributed by atoms with Crippen LogP contribution in [0.25, 0.3) is 11.3 Å². The van der Waals surface area contributed by atoms with E-state index >= 15 is 0 Å². The molecular weight excluding hydrogens is 252 g/mol. The molecule has 7 heteroatoms. The molecule has 98 valence electrons. The minimum atomic E-state index is -1.28. The van der Waals surface area contributed by atoms with E-state index in [1.165, 1.54) is 0 Å². The number of nitrogens with one attached hydrogen (secondary N) is 2. The molecule has 0 spiro atoms. The molecule has 3 N–H and O–H groups in total. The molecule has 0 saturated carbocycles. The third-order valence-electron chi connectivity index (χ3n) is 2.82. The normalized spacial score (nSPS) is 13.3. The Balaban J connectivity index is 2.12. The molecule has 0 saturated heterocycles. The number of rotatable bonds is 2. The predicted octanol–water partition coefficient (Wildman–Crippen LogP) is 0.839. The molecule has 0 fully saturated rings. The molecule has 2 heterocycles. The van der Waals surface area contributed by atoms with E-state index in [4.69, 9.17) is 14.6 Å². The molecule has 1 aliphatic heterocycles. The maximum Gasteiger partial charge on any atom is 0.343 e. The van der Waals surface area contributed by atoms with Crippen molar-refractivity contribution in [3.05, 3.63) is 34.1 Å². The molecule has 3 rings (SSSR count). The van der Waals surface area contributed by atoms with E-state index < -0.39 is 11.5 Å². The second-order valence-electron chi connectivity index (χ2n) is 3.99. The van der Waals surface area contributed by atoms with E-state index in [1.54, 1.807) is 18.2 Å². The fourth-order valence-corrected chi connectivity index (χ4v) is 1.98. The summed E-state index contributed by atoms with van der Waals surface area (Å²) >= 11 is 0. The Bertz CT molecular complexity index is 700. The summed E-state index contributed by atoms with van der Waals surface area (Å²) in [6, 6.07) is 4.99. The fourth-order valence-electron chi connectivity index (χ4n) is 1.98. The van der Waals surface area contributed by atoms with Crippen molar-refractivity contribution in [1.29, 1.82) is 0 Å². The van der Waals surface area contributed by atoms with Gasteiger partial charge in [-0.1, -0.05) is 0 Å². The van der Waals surface area contributed by atoms with Crippen LogP contribution >= 0.6 is 0 Å². The predicted molar refractivity (Wildman–Crippen MR) is 64.8 cm³/mol. The average molecular weight is 262 g/mol. The van der Waals surface area contributed by atoms with Crippen LogP contribution in [0.4, 0.5) is 0 Å². The lowest BCUT2D eigenvalue weighted by Gasteiger charge is -2.18. The van der Waals surface area contributed by atoms with Gasteiger partial charge in [0.25, 0.3) is 5.56 Å². The van der Waals surface area contributed by atoms with Gasteiger partial charge in [0.2, 0.25) is 0 Å². The minimum Gasteiger partial charge on any atom is -0.486 e. The Kier molecular flexibility index (Phi) is 2.52. The lowest BCUT2D eigenvalue weighted by Crippen LogP contribution is -2.15. The Hall–Kier alpha value is -2.70. The zero-order valence-electron chi connectivity index (χ0n) is 9.73. The quantitative estimate of drug-likeness (QED) is 0.743. The summed E-state index contributed by atoms with van der Waals surface area (Å²) in [5.74, 6) is -0.153. The Labute approximate surface area is 106 Å². The van der Waals surface area contributed by atoms with Crippen molar-refractivity contribution >= 4 is 5.97 Å². The smallest absolute Gasteiger partial charge is 0.343 e. The van der Waals surface area contributed by atoms with Crippen molar-refractivity contribution in [2.24, 2.45) is 0 Å². The second-order valence-corrected chi connectivity index (χ2v) is 3.99. The standard InChI is InChI=1S/C12H10N2O5/c15-11-9(12(16)17)10(13-14-11)6-1-2-7-8(5-6)19-4-3-18-7/h1-2,5H,3-4H2,(H,16,17)(H2,13,14,15). The van der Waals surface area contributed by atoms with Gasteiger partial charge in [0.05, 0.1) is 5.69 Å². The number of ether oxygens (including phenoxy) is 2. The van der Waals surface area contributed by atoms with Crippen molar-refractivity contribution in [3.8, 4) is 22.8 Å². The molecule has 7 nitrogen and oxygen atoms in total. The molecule has 1 aromatic heterocycles. The highest BCUT2D eigenvalue weighted by Gasteiger charge is 2.20. The summed E-state index contributed by atoms with van der Waals surface area (Å²) in [5, 5.41) is 13.9. The third-order valence-corrected chi connectivity index (χ3v) is 2.82. The monoisotopic (exact) mass is 262 g/mol. The summed E-state index contributed by atoms with van der Waals surface area (Å²) in [4.78, 5) is 22.5. The van der Waals surface area contributed by atoms with Crippen molar-refractivity contribution in [2.45, 2.75) is 0 Å². The summed E-state index contributed by atoms with van der Waals surface area (Å²) in [6.45, 7) is 0.916. The number of carboxylic acid groups (broad SMARTS) is 1. The number of carbonyl (C=O) groups is 1. The van der Waals surface area contributed by atoms with Gasteiger partial charge in [0.1, 0.15) is 13.2 Å². The van der Waals surface area contributed by atoms with Crippen LogP contribution < -0.4 is 15.0 Å². The topological polar surface area (TPSA) is 104 Å². The van der Waals surface area contributed by atoms with Crippen LogP contribution in [-0.2, 0) is 0 Å². The van der Waals surface area contributed by atoms with Crippen LogP contribution in [-0.4, -0.2) is 34.5 Å². The maximum atomic E-state index is 11.4. The van der Waals surface area contributed by atoms with Crippen LogP contribution in [0.2, 0.25) is 0 Å². The van der Waals surface area contributed by atoms with Gasteiger partial charge in [-0.15, -0.1) is 0 Å². The maximum absolute atomic E-state index is 11.4. The van der Waals surface area contributed by atoms with E-state index in [0.717, 1.165) is 0 Å². The molecule has 0 unspecified atom stereocenters. The number of hydrogen-bond donors (Lipinski definition) is 3. The first kappa shape index (κ1) is 11.4. The zero-order chi connectivity index (χ0) is 13.4. The zero-order valence-corrected chi connectivity index (χ0v) is 9.73. The Morgan fingerprint density at radius 1 is 1.16 bits per heavy atom. The molecule has 1 aliphatic rings. The van der Waals surface area contributed by atoms with Crippen LogP contribution in [0.15, 0.2) is 23.0 Å². The first-order chi connectivity index (χ1) is 9.16. The third kappa shape index (κ3) is 1.85. The molecule has 0 radical (unpaired) electrons. The lowest BCUT2D eigenvalue weighted by atomic mass is 10.1. The number of benzene rings is 1. The van der Waals surface area contributed by atoms with E-state index in [-0.39, 0.29) is 11.3 Å². The summed E-state index contributed by atoms with van der Waals surface area (Å²) in [7, 11) is 0. The summed E-state index contributed by atoms with van der Waals surface area (Å²) < 4.78 is 10.8. The fraction of sp³-hybridized carbons (Fsp3) is 0.167. The molecule has 1 aromatic carbocycles. The van der Waals surface area contributed by atoms with Crippen LogP contribution in [0.5, 0.6) is 11.5 Å². The highest BCUT2D eigenvalue weighted by Crippen LogP contribution is 2.34. The number of hydrogen-bond acceptors (Lipinski definition) is 4. The van der Waals surface area contributed by atoms with Crippen molar-refractivity contribution in [1.82, 2.24) is 10.2 Å². The van der Waals surface area contributed by atoms with Crippen molar-refractivity contribution < 1.29 is 19.4 Å². The number of aromatic amines is 2. The number of fused-ring (bicyclic) bond motifs is 1. The van der Waals surface area contributed by atoms with E-state index in [0.29, 0.717) is 30.3 Å². The van der Waals surface area contributed by atoms with Gasteiger partial charge in [-0.2, -0.15) is 0 Å². The van der Waals surface area contributed by atoms with Gasteiger partial charge in [0, 0.05) is 5.56 Å². The largest absolute Gasteiger partial charge is 0.486 e. The van der Waals surface area contributed by atoms with Gasteiger partial charge >= 0.3 is 5.97 Å². The SMILES string of the molecule is O=C(O)c1c(-c2ccc3c(c2)OCCO3)[nH][nH]c1=O. The van der Waals surface area contributed by atoms with E-state index in [2.05, 4.69) is 10.2 Å². The van der Waals surface area contributed by atoms with Gasteiger partial charge in [-0.25, -0.2) is 4.79 Å². The molecule has 0 amide bonds. The molecule has 0 bridgehead atoms. The van der Waals surface area contributed by atoms with Crippen molar-refractivity contribution in [3.63, 3.8) is 0 Å². The Morgan fingerprint density at radius 2 is 1.89 bits per heavy atom. The van der Waals surface area contributed by atoms with E-state index in [1.807, 2.05) is 0 Å². The Morgan fingerprint density at radius 3 is 2.63 bits per heavy atom. The molecule has 19 heavy (non-hydrogen) atoms. The number of carboxylic acids is 1. The van der Waals surface area contributed by atoms with Crippen LogP contribution in [0.1, 0.15) is 10.4 Å². The molecule has 0 atom stereocenters. The molecular formula is C12H10N2O5. The summed E-state index contributed by atoms with van der Waals surface area (Å²) in [6.07, 6.45) is 0. The van der Waals surface area contributed by atoms with Crippen molar-refractivity contribution in [2.75, 3.05) is 13.2 Å². The number of H-pyrrole nitrogens is 2. The molecule has 0 aliphatic carbocycles. The lowest BCUT2D eigenvalue weighted by molar-refractivity contribution is 0.0696. The van der Waals surface area contributed by atoms with Crippen LogP contribution in [0.3, 0.4) is 0 Å². The van der Waals surface area contributed by atoms with Gasteiger partial charge < -0.3 is 14.6 Å². The first-order valence-electron chi connectivity index (χ1n) is 5.61. The number of aromatic nitrogens is 2.